The van der Waals surface area contributed by atoms with Gasteiger partial charge in [-0.1, -0.05) is 30.3 Å². The topological polar surface area (TPSA) is 87.7 Å². The van der Waals surface area contributed by atoms with Crippen LogP contribution in [-0.4, -0.2) is 46.5 Å². The zero-order chi connectivity index (χ0) is 21.8. The highest BCUT2D eigenvalue weighted by Gasteiger charge is 2.41. The molecule has 1 aromatic rings. The molecule has 29 heavy (non-hydrogen) atoms. The van der Waals surface area contributed by atoms with Gasteiger partial charge in [-0.25, -0.2) is 4.79 Å². The second kappa shape index (κ2) is 8.84. The highest BCUT2D eigenvalue weighted by molar-refractivity contribution is 5.91. The molecule has 1 aromatic carbocycles. The maximum Gasteiger partial charge on any atom is 0.408 e. The summed E-state index contributed by atoms with van der Waals surface area (Å²) in [5.74, 6) is -0.544. The molecular weight excluding hydrogens is 370 g/mol. The van der Waals surface area contributed by atoms with E-state index in [1.54, 1.807) is 25.7 Å². The van der Waals surface area contributed by atoms with Crippen LogP contribution in [0.5, 0.6) is 0 Å². The van der Waals surface area contributed by atoms with Gasteiger partial charge in [-0.3, -0.25) is 9.59 Å². The van der Waals surface area contributed by atoms with Gasteiger partial charge in [-0.05, 0) is 59.9 Å². The molecule has 1 unspecified atom stereocenters. The quantitative estimate of drug-likeness (QED) is 0.764. The van der Waals surface area contributed by atoms with E-state index in [0.717, 1.165) is 18.4 Å². The van der Waals surface area contributed by atoms with Crippen LogP contribution in [0.1, 0.15) is 66.0 Å². The Bertz CT molecular complexity index is 731. The van der Waals surface area contributed by atoms with Crippen LogP contribution in [0, 0.1) is 0 Å². The normalized spacial score (nSPS) is 15.2. The zero-order valence-corrected chi connectivity index (χ0v) is 18.2. The van der Waals surface area contributed by atoms with Gasteiger partial charge in [0.25, 0.3) is 0 Å². The van der Waals surface area contributed by atoms with E-state index in [1.165, 1.54) is 0 Å². The lowest BCUT2D eigenvalue weighted by atomic mass is 10.0. The van der Waals surface area contributed by atoms with E-state index in [4.69, 9.17) is 4.74 Å². The first-order valence-electron chi connectivity index (χ1n) is 10.0. The van der Waals surface area contributed by atoms with Gasteiger partial charge >= 0.3 is 6.09 Å². The molecule has 2 N–H and O–H groups in total. The van der Waals surface area contributed by atoms with Crippen LogP contribution in [0.3, 0.4) is 0 Å². The summed E-state index contributed by atoms with van der Waals surface area (Å²) in [5.41, 5.74) is -0.341. The molecule has 0 heterocycles. The van der Waals surface area contributed by atoms with Crippen molar-refractivity contribution in [3.05, 3.63) is 35.9 Å². The molecule has 0 spiro atoms. The van der Waals surface area contributed by atoms with E-state index in [9.17, 15) is 14.4 Å². The molecule has 3 amide bonds. The predicted octanol–water partition coefficient (Wildman–Crippen LogP) is 3.16. The number of amides is 3. The molecule has 0 aliphatic heterocycles. The average molecular weight is 404 g/mol. The van der Waals surface area contributed by atoms with Crippen LogP contribution in [0.15, 0.2) is 30.3 Å². The largest absolute Gasteiger partial charge is 0.444 e. The number of hydrogen-bond acceptors (Lipinski definition) is 4. The summed E-state index contributed by atoms with van der Waals surface area (Å²) < 4.78 is 5.20. The Morgan fingerprint density at radius 2 is 1.66 bits per heavy atom. The number of carbonyl (C=O) groups excluding carboxylic acids is 3. The number of hydrogen-bond donors (Lipinski definition) is 2. The van der Waals surface area contributed by atoms with E-state index < -0.39 is 23.3 Å². The third-order valence-electron chi connectivity index (χ3n) is 4.15. The first-order chi connectivity index (χ1) is 13.4. The minimum absolute atomic E-state index is 0.0149. The fourth-order valence-corrected chi connectivity index (χ4v) is 2.98. The molecule has 0 bridgehead atoms. The van der Waals surface area contributed by atoms with Crippen LogP contribution in [0.25, 0.3) is 0 Å². The van der Waals surface area contributed by atoms with Gasteiger partial charge < -0.3 is 20.3 Å². The van der Waals surface area contributed by atoms with Gasteiger partial charge in [0.05, 0.1) is 0 Å². The predicted molar refractivity (Wildman–Crippen MR) is 111 cm³/mol. The first-order valence-corrected chi connectivity index (χ1v) is 10.0. The standard InChI is InChI=1S/C22H33N3O4/c1-21(2,3)24-19(27)18(15-10-8-7-9-11-15)25(16-12-13-16)17(26)14-23-20(28)29-22(4,5)6/h7-11,16,18H,12-14H2,1-6H3,(H,23,28)(H,24,27). The number of benzene rings is 1. The molecule has 1 saturated carbocycles. The van der Waals surface area contributed by atoms with Crippen LogP contribution < -0.4 is 10.6 Å². The van der Waals surface area contributed by atoms with Crippen molar-refractivity contribution in [3.63, 3.8) is 0 Å². The number of carbonyl (C=O) groups is 3. The van der Waals surface area contributed by atoms with Gasteiger partial charge in [-0.15, -0.1) is 0 Å². The van der Waals surface area contributed by atoms with E-state index in [0.29, 0.717) is 0 Å². The Labute approximate surface area is 173 Å². The maximum atomic E-state index is 13.1. The smallest absolute Gasteiger partial charge is 0.408 e. The third-order valence-corrected chi connectivity index (χ3v) is 4.15. The van der Waals surface area contributed by atoms with Crippen LogP contribution in [0.4, 0.5) is 4.79 Å². The van der Waals surface area contributed by atoms with Crippen molar-refractivity contribution < 1.29 is 19.1 Å². The summed E-state index contributed by atoms with van der Waals surface area (Å²) in [4.78, 5) is 39.8. The van der Waals surface area contributed by atoms with E-state index in [1.807, 2.05) is 51.1 Å². The molecule has 0 radical (unpaired) electrons. The lowest BCUT2D eigenvalue weighted by molar-refractivity contribution is -0.141. The highest BCUT2D eigenvalue weighted by Crippen LogP contribution is 2.35. The minimum atomic E-state index is -0.754. The summed E-state index contributed by atoms with van der Waals surface area (Å²) in [5, 5.41) is 5.50. The van der Waals surface area contributed by atoms with E-state index in [2.05, 4.69) is 10.6 Å². The lowest BCUT2D eigenvalue weighted by Crippen LogP contribution is -2.52. The summed E-state index contributed by atoms with van der Waals surface area (Å²) in [6, 6.07) is 8.49. The van der Waals surface area contributed by atoms with Crippen LogP contribution in [-0.2, 0) is 14.3 Å². The Morgan fingerprint density at radius 1 is 1.07 bits per heavy atom. The summed E-state index contributed by atoms with van der Waals surface area (Å²) in [6.07, 6.45) is 1.02. The fraction of sp³-hybridized carbons (Fsp3) is 0.591. The average Bonchev–Trinajstić information content (AvgIpc) is 3.39. The van der Waals surface area contributed by atoms with Crippen molar-refractivity contribution in [2.24, 2.45) is 0 Å². The van der Waals surface area contributed by atoms with Crippen molar-refractivity contribution in [2.45, 2.75) is 77.6 Å². The molecule has 2 rings (SSSR count). The molecule has 7 nitrogen and oxygen atoms in total. The minimum Gasteiger partial charge on any atom is -0.444 e. The Balaban J connectivity index is 2.22. The van der Waals surface area contributed by atoms with Crippen LogP contribution in [0.2, 0.25) is 0 Å². The number of alkyl carbamates (subject to hydrolysis) is 1. The second-order valence-electron chi connectivity index (χ2n) is 9.44. The second-order valence-corrected chi connectivity index (χ2v) is 9.44. The number of ether oxygens (including phenoxy) is 1. The molecule has 1 atom stereocenters. The van der Waals surface area contributed by atoms with Crippen molar-refractivity contribution in [1.29, 1.82) is 0 Å². The van der Waals surface area contributed by atoms with Gasteiger partial charge in [-0.2, -0.15) is 0 Å². The monoisotopic (exact) mass is 403 g/mol. The SMILES string of the molecule is CC(C)(C)NC(=O)C(c1ccccc1)N(C(=O)CNC(=O)OC(C)(C)C)C1CC1. The third kappa shape index (κ3) is 7.40. The molecule has 160 valence electrons. The molecular formula is C22H33N3O4. The number of nitrogens with zero attached hydrogens (tertiary/aromatic N) is 1. The van der Waals surface area contributed by atoms with E-state index >= 15 is 0 Å². The fourth-order valence-electron chi connectivity index (χ4n) is 2.98. The Hall–Kier alpha value is -2.57. The number of rotatable bonds is 6. The van der Waals surface area contributed by atoms with Gasteiger partial charge in [0.2, 0.25) is 11.8 Å². The molecule has 0 aromatic heterocycles. The molecule has 1 aliphatic carbocycles. The van der Waals surface area contributed by atoms with Crippen LogP contribution >= 0.6 is 0 Å². The van der Waals surface area contributed by atoms with E-state index in [-0.39, 0.29) is 24.4 Å². The first kappa shape index (κ1) is 22.7. The molecule has 7 heteroatoms. The summed E-state index contributed by atoms with van der Waals surface area (Å²) in [6.45, 7) is 10.8. The van der Waals surface area contributed by atoms with Gasteiger partial charge in [0.15, 0.2) is 0 Å². The molecule has 1 aliphatic rings. The van der Waals surface area contributed by atoms with Crippen molar-refractivity contribution in [2.75, 3.05) is 6.54 Å². The van der Waals surface area contributed by atoms with Crippen molar-refractivity contribution in [1.82, 2.24) is 15.5 Å². The summed E-state index contributed by atoms with van der Waals surface area (Å²) >= 11 is 0. The highest BCUT2D eigenvalue weighted by atomic mass is 16.6. The maximum absolute atomic E-state index is 13.1. The Morgan fingerprint density at radius 3 is 2.14 bits per heavy atom. The number of nitrogens with one attached hydrogen (secondary N) is 2. The lowest BCUT2D eigenvalue weighted by Gasteiger charge is -2.34. The van der Waals surface area contributed by atoms with Gasteiger partial charge in [0.1, 0.15) is 18.2 Å². The molecule has 0 saturated heterocycles. The van der Waals surface area contributed by atoms with Crippen molar-refractivity contribution in [3.8, 4) is 0 Å². The Kier molecular flexibility index (Phi) is 6.93. The van der Waals surface area contributed by atoms with Gasteiger partial charge in [0, 0.05) is 11.6 Å². The zero-order valence-electron chi connectivity index (χ0n) is 18.2. The summed E-state index contributed by atoms with van der Waals surface area (Å²) in [7, 11) is 0. The molecule has 1 fully saturated rings. The van der Waals surface area contributed by atoms with Crippen molar-refractivity contribution >= 4 is 17.9 Å².